The van der Waals surface area contributed by atoms with E-state index in [1.54, 1.807) is 0 Å². The Morgan fingerprint density at radius 2 is 2.00 bits per heavy atom. The molecule has 2 aromatic rings. The summed E-state index contributed by atoms with van der Waals surface area (Å²) >= 11 is 0. The molecule has 0 amide bonds. The first-order valence-electron chi connectivity index (χ1n) is 6.21. The lowest BCUT2D eigenvalue weighted by Gasteiger charge is -2.16. The van der Waals surface area contributed by atoms with Gasteiger partial charge >= 0.3 is 0 Å². The zero-order chi connectivity index (χ0) is 12.4. The summed E-state index contributed by atoms with van der Waals surface area (Å²) in [5.74, 6) is 0.819. The fourth-order valence-electron chi connectivity index (χ4n) is 2.10. The first kappa shape index (κ1) is 11.2. The van der Waals surface area contributed by atoms with Crippen LogP contribution in [0.15, 0.2) is 30.3 Å². The summed E-state index contributed by atoms with van der Waals surface area (Å²) in [6, 6.07) is 10.4. The third-order valence-electron chi connectivity index (χ3n) is 3.15. The van der Waals surface area contributed by atoms with E-state index in [1.807, 2.05) is 0 Å². The lowest BCUT2D eigenvalue weighted by Crippen LogP contribution is -2.25. The second kappa shape index (κ2) is 4.74. The van der Waals surface area contributed by atoms with Crippen molar-refractivity contribution in [1.29, 1.82) is 0 Å². The maximum Gasteiger partial charge on any atom is 0.153 e. The average molecular weight is 240 g/mol. The number of nitrogens with one attached hydrogen (secondary N) is 2. The van der Waals surface area contributed by atoms with Crippen LogP contribution < -0.4 is 10.6 Å². The molecular weight excluding hydrogens is 224 g/mol. The van der Waals surface area contributed by atoms with E-state index in [1.165, 1.54) is 11.1 Å². The SMILES string of the molecule is Cc1ccc(Nc2cc3c(nn2)CNCC3)cc1. The molecule has 0 atom stereocenters. The normalized spacial score (nSPS) is 14.1. The second-order valence-electron chi connectivity index (χ2n) is 4.62. The highest BCUT2D eigenvalue weighted by molar-refractivity contribution is 5.56. The summed E-state index contributed by atoms with van der Waals surface area (Å²) in [5, 5.41) is 15.0. The van der Waals surface area contributed by atoms with E-state index in [4.69, 9.17) is 0 Å². The van der Waals surface area contributed by atoms with Crippen molar-refractivity contribution in [2.75, 3.05) is 11.9 Å². The molecule has 0 saturated heterocycles. The Kier molecular flexibility index (Phi) is 2.94. The van der Waals surface area contributed by atoms with E-state index in [0.717, 1.165) is 36.7 Å². The Hall–Kier alpha value is -1.94. The highest BCUT2D eigenvalue weighted by Crippen LogP contribution is 2.18. The molecule has 18 heavy (non-hydrogen) atoms. The minimum absolute atomic E-state index is 0.819. The zero-order valence-electron chi connectivity index (χ0n) is 10.4. The molecule has 2 heterocycles. The zero-order valence-corrected chi connectivity index (χ0v) is 10.4. The Balaban J connectivity index is 1.82. The lowest BCUT2D eigenvalue weighted by atomic mass is 10.1. The molecule has 1 aromatic heterocycles. The van der Waals surface area contributed by atoms with Crippen LogP contribution >= 0.6 is 0 Å². The van der Waals surface area contributed by atoms with Gasteiger partial charge < -0.3 is 10.6 Å². The highest BCUT2D eigenvalue weighted by atomic mass is 15.2. The van der Waals surface area contributed by atoms with Crippen LogP contribution in [0, 0.1) is 6.92 Å². The molecule has 0 unspecified atom stereocenters. The van der Waals surface area contributed by atoms with Gasteiger partial charge in [-0.05, 0) is 43.7 Å². The van der Waals surface area contributed by atoms with Gasteiger partial charge in [0.1, 0.15) is 0 Å². The Morgan fingerprint density at radius 3 is 2.83 bits per heavy atom. The van der Waals surface area contributed by atoms with E-state index in [2.05, 4.69) is 58.1 Å². The standard InChI is InChI=1S/C14H16N4/c1-10-2-4-12(5-3-10)16-14-8-11-6-7-15-9-13(11)17-18-14/h2-5,8,15H,6-7,9H2,1H3,(H,16,18). The molecule has 92 valence electrons. The van der Waals surface area contributed by atoms with E-state index in [-0.39, 0.29) is 0 Å². The first-order chi connectivity index (χ1) is 8.81. The van der Waals surface area contributed by atoms with Gasteiger partial charge in [-0.1, -0.05) is 17.7 Å². The summed E-state index contributed by atoms with van der Waals surface area (Å²) in [4.78, 5) is 0. The van der Waals surface area contributed by atoms with Crippen molar-refractivity contribution in [3.05, 3.63) is 47.2 Å². The van der Waals surface area contributed by atoms with E-state index >= 15 is 0 Å². The molecule has 1 aromatic carbocycles. The van der Waals surface area contributed by atoms with Crippen LogP contribution in [-0.4, -0.2) is 16.7 Å². The maximum atomic E-state index is 4.26. The van der Waals surface area contributed by atoms with Crippen LogP contribution in [0.2, 0.25) is 0 Å². The van der Waals surface area contributed by atoms with Crippen molar-refractivity contribution < 1.29 is 0 Å². The quantitative estimate of drug-likeness (QED) is 0.844. The number of aromatic nitrogens is 2. The van der Waals surface area contributed by atoms with Gasteiger partial charge in [-0.25, -0.2) is 0 Å². The minimum Gasteiger partial charge on any atom is -0.339 e. The maximum absolute atomic E-state index is 4.26. The van der Waals surface area contributed by atoms with Gasteiger partial charge in [0, 0.05) is 12.2 Å². The monoisotopic (exact) mass is 240 g/mol. The smallest absolute Gasteiger partial charge is 0.153 e. The Morgan fingerprint density at radius 1 is 1.17 bits per heavy atom. The molecule has 4 nitrogen and oxygen atoms in total. The Bertz CT molecular complexity index is 548. The van der Waals surface area contributed by atoms with Gasteiger partial charge in [0.05, 0.1) is 5.69 Å². The minimum atomic E-state index is 0.819. The van der Waals surface area contributed by atoms with Crippen molar-refractivity contribution in [3.63, 3.8) is 0 Å². The molecule has 1 aliphatic rings. The van der Waals surface area contributed by atoms with Gasteiger partial charge in [-0.15, -0.1) is 5.10 Å². The molecular formula is C14H16N4. The number of anilines is 2. The van der Waals surface area contributed by atoms with Crippen molar-refractivity contribution in [2.24, 2.45) is 0 Å². The summed E-state index contributed by atoms with van der Waals surface area (Å²) in [7, 11) is 0. The molecule has 0 spiro atoms. The Labute approximate surface area is 106 Å². The number of hydrogen-bond donors (Lipinski definition) is 2. The number of nitrogens with zero attached hydrogens (tertiary/aromatic N) is 2. The van der Waals surface area contributed by atoms with Crippen LogP contribution in [0.5, 0.6) is 0 Å². The van der Waals surface area contributed by atoms with Crippen LogP contribution in [0.25, 0.3) is 0 Å². The molecule has 1 aliphatic heterocycles. The van der Waals surface area contributed by atoms with Crippen molar-refractivity contribution >= 4 is 11.5 Å². The van der Waals surface area contributed by atoms with Gasteiger partial charge in [0.15, 0.2) is 5.82 Å². The molecule has 0 aliphatic carbocycles. The average Bonchev–Trinajstić information content (AvgIpc) is 2.41. The van der Waals surface area contributed by atoms with E-state index in [9.17, 15) is 0 Å². The number of benzene rings is 1. The van der Waals surface area contributed by atoms with Gasteiger partial charge in [-0.2, -0.15) is 5.10 Å². The second-order valence-corrected chi connectivity index (χ2v) is 4.62. The summed E-state index contributed by atoms with van der Waals surface area (Å²) < 4.78 is 0. The fourth-order valence-corrected chi connectivity index (χ4v) is 2.10. The van der Waals surface area contributed by atoms with E-state index in [0.29, 0.717) is 0 Å². The third-order valence-corrected chi connectivity index (χ3v) is 3.15. The number of aryl methyl sites for hydroxylation is 1. The van der Waals surface area contributed by atoms with Crippen LogP contribution in [0.1, 0.15) is 16.8 Å². The van der Waals surface area contributed by atoms with Crippen molar-refractivity contribution in [3.8, 4) is 0 Å². The first-order valence-corrected chi connectivity index (χ1v) is 6.21. The predicted octanol–water partition coefficient (Wildman–Crippen LogP) is 2.17. The van der Waals surface area contributed by atoms with Gasteiger partial charge in [-0.3, -0.25) is 0 Å². The third kappa shape index (κ3) is 2.33. The topological polar surface area (TPSA) is 49.8 Å². The lowest BCUT2D eigenvalue weighted by molar-refractivity contribution is 0.617. The van der Waals surface area contributed by atoms with E-state index < -0.39 is 0 Å². The van der Waals surface area contributed by atoms with Crippen molar-refractivity contribution in [1.82, 2.24) is 15.5 Å². The summed E-state index contributed by atoms with van der Waals surface area (Å²) in [6.07, 6.45) is 1.02. The molecule has 0 radical (unpaired) electrons. The van der Waals surface area contributed by atoms with Crippen LogP contribution in [0.4, 0.5) is 11.5 Å². The predicted molar refractivity (Wildman–Crippen MR) is 71.9 cm³/mol. The largest absolute Gasteiger partial charge is 0.339 e. The summed E-state index contributed by atoms with van der Waals surface area (Å²) in [6.45, 7) is 3.92. The number of hydrogen-bond acceptors (Lipinski definition) is 4. The van der Waals surface area contributed by atoms with Crippen molar-refractivity contribution in [2.45, 2.75) is 19.9 Å². The molecule has 4 heteroatoms. The molecule has 2 N–H and O–H groups in total. The fraction of sp³-hybridized carbons (Fsp3) is 0.286. The highest BCUT2D eigenvalue weighted by Gasteiger charge is 2.11. The van der Waals surface area contributed by atoms with Crippen LogP contribution in [0.3, 0.4) is 0 Å². The molecule has 0 fully saturated rings. The molecule has 0 saturated carbocycles. The van der Waals surface area contributed by atoms with Gasteiger partial charge in [0.2, 0.25) is 0 Å². The molecule has 0 bridgehead atoms. The molecule has 3 rings (SSSR count). The number of rotatable bonds is 2. The number of fused-ring (bicyclic) bond motifs is 1. The van der Waals surface area contributed by atoms with Crippen LogP contribution in [-0.2, 0) is 13.0 Å². The van der Waals surface area contributed by atoms with Gasteiger partial charge in [0.25, 0.3) is 0 Å². The summed E-state index contributed by atoms with van der Waals surface area (Å²) in [5.41, 5.74) is 4.65.